The van der Waals surface area contributed by atoms with E-state index >= 15 is 0 Å². The summed E-state index contributed by atoms with van der Waals surface area (Å²) in [7, 11) is 0. The smallest absolute Gasteiger partial charge is 0.318 e. The van der Waals surface area contributed by atoms with Crippen molar-refractivity contribution in [3.63, 3.8) is 0 Å². The lowest BCUT2D eigenvalue weighted by atomic mass is 9.66. The predicted octanol–water partition coefficient (Wildman–Crippen LogP) is 5.46. The molecule has 1 rings (SSSR count). The van der Waals surface area contributed by atoms with Crippen LogP contribution in [0.5, 0.6) is 0 Å². The highest BCUT2D eigenvalue weighted by atomic mass is 16.6. The summed E-state index contributed by atoms with van der Waals surface area (Å²) in [5, 5.41) is 0. The Morgan fingerprint density at radius 2 is 1.27 bits per heavy atom. The van der Waals surface area contributed by atoms with Gasteiger partial charge in [-0.15, -0.1) is 0 Å². The van der Waals surface area contributed by atoms with E-state index in [0.29, 0.717) is 11.1 Å². The maximum Gasteiger partial charge on any atom is 0.318 e. The first-order chi connectivity index (χ1) is 19.0. The minimum Gasteiger partial charge on any atom is -0.461 e. The molecule has 0 aromatic rings. The van der Waals surface area contributed by atoms with Crippen LogP contribution >= 0.6 is 0 Å². The summed E-state index contributed by atoms with van der Waals surface area (Å²) < 4.78 is 21.5. The molecule has 1 fully saturated rings. The molecular formula is C32H40O8. The summed E-state index contributed by atoms with van der Waals surface area (Å²) in [6.07, 6.45) is 10.1. The SMILES string of the molecule is C=CC(C)=CCOC(=O)CC(C(=O)OCC=C(C)C=C)C1(CC(=O)OCC=C(C)C=C)C(=O)OCC1=C(C)C=C. The van der Waals surface area contributed by atoms with Crippen LogP contribution in [-0.4, -0.2) is 50.3 Å². The highest BCUT2D eigenvalue weighted by Crippen LogP contribution is 2.49. The monoisotopic (exact) mass is 552 g/mol. The molecule has 216 valence electrons. The van der Waals surface area contributed by atoms with Crippen molar-refractivity contribution in [1.29, 1.82) is 0 Å². The van der Waals surface area contributed by atoms with Gasteiger partial charge in [-0.1, -0.05) is 67.3 Å². The first kappa shape index (κ1) is 33.8. The van der Waals surface area contributed by atoms with Crippen LogP contribution in [0, 0.1) is 11.3 Å². The average molecular weight is 553 g/mol. The normalized spacial score (nSPS) is 19.6. The van der Waals surface area contributed by atoms with Crippen LogP contribution < -0.4 is 0 Å². The number of hydrogen-bond donors (Lipinski definition) is 0. The molecule has 40 heavy (non-hydrogen) atoms. The molecule has 0 spiro atoms. The third-order valence-corrected chi connectivity index (χ3v) is 6.60. The number of carbonyl (C=O) groups excluding carboxylic acids is 4. The van der Waals surface area contributed by atoms with Gasteiger partial charge in [0.2, 0.25) is 0 Å². The Morgan fingerprint density at radius 1 is 0.800 bits per heavy atom. The Balaban J connectivity index is 3.57. The molecule has 1 heterocycles. The van der Waals surface area contributed by atoms with Gasteiger partial charge >= 0.3 is 23.9 Å². The van der Waals surface area contributed by atoms with E-state index in [2.05, 4.69) is 26.3 Å². The van der Waals surface area contributed by atoms with Crippen molar-refractivity contribution >= 4 is 23.9 Å². The zero-order valence-electron chi connectivity index (χ0n) is 24.0. The van der Waals surface area contributed by atoms with E-state index in [4.69, 9.17) is 18.9 Å². The molecule has 1 saturated heterocycles. The Hall–Kier alpha value is -4.20. The topological polar surface area (TPSA) is 105 Å². The number of allylic oxidation sites excluding steroid dienone is 8. The molecule has 0 aromatic heterocycles. The van der Waals surface area contributed by atoms with Crippen molar-refractivity contribution in [3.8, 4) is 0 Å². The molecule has 8 heteroatoms. The number of rotatable bonds is 16. The van der Waals surface area contributed by atoms with Crippen LogP contribution in [0.2, 0.25) is 0 Å². The van der Waals surface area contributed by atoms with Gasteiger partial charge in [0.1, 0.15) is 31.8 Å². The van der Waals surface area contributed by atoms with Crippen molar-refractivity contribution in [2.75, 3.05) is 26.4 Å². The first-order valence-electron chi connectivity index (χ1n) is 12.8. The minimum atomic E-state index is -1.87. The number of ether oxygens (including phenoxy) is 4. The Kier molecular flexibility index (Phi) is 14.1. The summed E-state index contributed by atoms with van der Waals surface area (Å²) in [6.45, 7) is 21.3. The molecule has 2 atom stereocenters. The zero-order valence-corrected chi connectivity index (χ0v) is 24.0. The largest absolute Gasteiger partial charge is 0.461 e. The minimum absolute atomic E-state index is 0.0669. The lowest BCUT2D eigenvalue weighted by Gasteiger charge is -2.33. The van der Waals surface area contributed by atoms with E-state index < -0.39 is 48.1 Å². The van der Waals surface area contributed by atoms with E-state index in [1.165, 1.54) is 6.08 Å². The van der Waals surface area contributed by atoms with Gasteiger partial charge in [-0.25, -0.2) is 0 Å². The van der Waals surface area contributed by atoms with Crippen molar-refractivity contribution in [3.05, 3.63) is 96.7 Å². The van der Waals surface area contributed by atoms with Crippen molar-refractivity contribution < 1.29 is 38.1 Å². The molecule has 0 bridgehead atoms. The maximum absolute atomic E-state index is 13.6. The molecule has 0 radical (unpaired) electrons. The van der Waals surface area contributed by atoms with Crippen molar-refractivity contribution in [2.24, 2.45) is 11.3 Å². The summed E-state index contributed by atoms with van der Waals surface area (Å²) in [5.41, 5.74) is 1.35. The van der Waals surface area contributed by atoms with Crippen LogP contribution in [-0.2, 0) is 38.1 Å². The van der Waals surface area contributed by atoms with Gasteiger partial charge in [-0.2, -0.15) is 0 Å². The second-order valence-electron chi connectivity index (χ2n) is 9.30. The second-order valence-corrected chi connectivity index (χ2v) is 9.30. The molecular weight excluding hydrogens is 512 g/mol. The lowest BCUT2D eigenvalue weighted by Crippen LogP contribution is -2.45. The molecule has 0 saturated carbocycles. The van der Waals surface area contributed by atoms with Crippen LogP contribution in [0.15, 0.2) is 96.7 Å². The van der Waals surface area contributed by atoms with E-state index in [1.54, 1.807) is 64.2 Å². The highest BCUT2D eigenvalue weighted by molar-refractivity contribution is 5.96. The molecule has 0 N–H and O–H groups in total. The van der Waals surface area contributed by atoms with E-state index in [-0.39, 0.29) is 26.4 Å². The molecule has 0 amide bonds. The average Bonchev–Trinajstić information content (AvgIpc) is 3.26. The number of esters is 4. The zero-order chi connectivity index (χ0) is 30.3. The lowest BCUT2D eigenvalue weighted by molar-refractivity contribution is -0.168. The van der Waals surface area contributed by atoms with Gasteiger partial charge < -0.3 is 18.9 Å². The fourth-order valence-electron chi connectivity index (χ4n) is 3.86. The van der Waals surface area contributed by atoms with E-state index in [9.17, 15) is 19.2 Å². The molecule has 8 nitrogen and oxygen atoms in total. The molecule has 1 aliphatic rings. The number of carbonyl (C=O) groups is 4. The quantitative estimate of drug-likeness (QED) is 0.141. The number of cyclic esters (lactones) is 1. The highest BCUT2D eigenvalue weighted by Gasteiger charge is 2.59. The van der Waals surface area contributed by atoms with Crippen molar-refractivity contribution in [1.82, 2.24) is 0 Å². The molecule has 0 aromatic carbocycles. The van der Waals surface area contributed by atoms with Crippen LogP contribution in [0.1, 0.15) is 40.5 Å². The van der Waals surface area contributed by atoms with E-state index in [1.807, 2.05) is 0 Å². The predicted molar refractivity (Wildman–Crippen MR) is 154 cm³/mol. The van der Waals surface area contributed by atoms with Gasteiger partial charge in [-0.3, -0.25) is 19.2 Å². The molecule has 1 aliphatic heterocycles. The molecule has 0 aliphatic carbocycles. The Morgan fingerprint density at radius 3 is 1.75 bits per heavy atom. The second kappa shape index (κ2) is 16.7. The van der Waals surface area contributed by atoms with Crippen LogP contribution in [0.25, 0.3) is 0 Å². The third kappa shape index (κ3) is 9.52. The fourth-order valence-corrected chi connectivity index (χ4v) is 3.86. The Labute approximate surface area is 237 Å². The maximum atomic E-state index is 13.6. The first-order valence-corrected chi connectivity index (χ1v) is 12.8. The fraction of sp³-hybridized carbons (Fsp3) is 0.375. The van der Waals surface area contributed by atoms with Gasteiger partial charge in [-0.05, 0) is 57.1 Å². The summed E-state index contributed by atoms with van der Waals surface area (Å²) in [4.78, 5) is 53.0. The van der Waals surface area contributed by atoms with Gasteiger partial charge in [0, 0.05) is 0 Å². The van der Waals surface area contributed by atoms with Crippen molar-refractivity contribution in [2.45, 2.75) is 40.5 Å². The van der Waals surface area contributed by atoms with Crippen LogP contribution in [0.3, 0.4) is 0 Å². The van der Waals surface area contributed by atoms with E-state index in [0.717, 1.165) is 16.7 Å². The Bertz CT molecular complexity index is 1150. The van der Waals surface area contributed by atoms with Gasteiger partial charge in [0.15, 0.2) is 0 Å². The summed E-state index contributed by atoms with van der Waals surface area (Å²) in [5.74, 6) is -4.68. The van der Waals surface area contributed by atoms with Gasteiger partial charge in [0.05, 0.1) is 18.8 Å². The standard InChI is InChI=1S/C32H40O8/c1-9-22(5)13-16-37-28(33)19-26(30(35)39-18-15-24(7)11-3)32(20-29(34)38-17-14-23(6)10-2)27(25(8)12-4)21-40-31(32)36/h9-15,26H,1-4,16-21H2,5-8H3. The molecule has 2 unspecified atom stereocenters. The third-order valence-electron chi connectivity index (χ3n) is 6.60. The summed E-state index contributed by atoms with van der Waals surface area (Å²) >= 11 is 0. The number of hydrogen-bond acceptors (Lipinski definition) is 8. The van der Waals surface area contributed by atoms with Crippen LogP contribution in [0.4, 0.5) is 0 Å². The summed E-state index contributed by atoms with van der Waals surface area (Å²) in [6, 6.07) is 0. The van der Waals surface area contributed by atoms with Gasteiger partial charge in [0.25, 0.3) is 0 Å².